The summed E-state index contributed by atoms with van der Waals surface area (Å²) in [4.78, 5) is 14.4. The molecule has 1 N–H and O–H groups in total. The van der Waals surface area contributed by atoms with Gasteiger partial charge in [0.05, 0.1) is 13.2 Å². The van der Waals surface area contributed by atoms with E-state index in [4.69, 9.17) is 9.47 Å². The van der Waals surface area contributed by atoms with E-state index in [0.717, 1.165) is 38.2 Å². The van der Waals surface area contributed by atoms with E-state index in [2.05, 4.69) is 37.4 Å². The molecule has 2 saturated heterocycles. The second-order valence-electron chi connectivity index (χ2n) is 6.45. The van der Waals surface area contributed by atoms with Crippen molar-refractivity contribution in [2.75, 3.05) is 32.8 Å². The lowest BCUT2D eigenvalue weighted by Crippen LogP contribution is -2.54. The van der Waals surface area contributed by atoms with Crippen molar-refractivity contribution in [1.82, 2.24) is 10.2 Å². The predicted molar refractivity (Wildman–Crippen MR) is 88.8 cm³/mol. The maximum Gasteiger partial charge on any atom is 0.242 e. The Balaban J connectivity index is 1.53. The highest BCUT2D eigenvalue weighted by Gasteiger charge is 2.30. The van der Waals surface area contributed by atoms with E-state index in [0.29, 0.717) is 13.2 Å². The molecule has 0 unspecified atom stereocenters. The fourth-order valence-corrected chi connectivity index (χ4v) is 3.29. The molecule has 5 nitrogen and oxygen atoms in total. The lowest BCUT2D eigenvalue weighted by Gasteiger charge is -2.35. The van der Waals surface area contributed by atoms with E-state index in [1.54, 1.807) is 0 Å². The van der Waals surface area contributed by atoms with Crippen LogP contribution < -0.4 is 10.1 Å². The quantitative estimate of drug-likeness (QED) is 0.921. The molecule has 1 amide bonds. The molecule has 0 saturated carbocycles. The smallest absolute Gasteiger partial charge is 0.242 e. The van der Waals surface area contributed by atoms with Gasteiger partial charge in [0.1, 0.15) is 17.9 Å². The molecular formula is C18H26N2O3. The van der Waals surface area contributed by atoms with Crippen LogP contribution in [0.5, 0.6) is 5.75 Å². The number of nitrogens with one attached hydrogen (secondary N) is 1. The average molecular weight is 318 g/mol. The van der Waals surface area contributed by atoms with Crippen molar-refractivity contribution < 1.29 is 14.3 Å². The molecule has 5 heteroatoms. The summed E-state index contributed by atoms with van der Waals surface area (Å²) in [5.41, 5.74) is 2.35. The highest BCUT2D eigenvalue weighted by Crippen LogP contribution is 2.26. The number of carbonyl (C=O) groups excluding carboxylic acids is 1. The van der Waals surface area contributed by atoms with Crippen LogP contribution in [0.25, 0.3) is 0 Å². The minimum Gasteiger partial charge on any atom is -0.490 e. The molecule has 0 aromatic heterocycles. The predicted octanol–water partition coefficient (Wildman–Crippen LogP) is 1.66. The van der Waals surface area contributed by atoms with E-state index in [9.17, 15) is 4.79 Å². The lowest BCUT2D eigenvalue weighted by molar-refractivity contribution is -0.138. The SMILES string of the molecule is Cc1cccc(C)c1OC1CCN(C(=O)[C@H]2COCCN2)CC1. The van der Waals surface area contributed by atoms with Crippen LogP contribution in [0, 0.1) is 13.8 Å². The Morgan fingerprint density at radius 1 is 1.26 bits per heavy atom. The zero-order chi connectivity index (χ0) is 16.2. The summed E-state index contributed by atoms with van der Waals surface area (Å²) in [6, 6.07) is 6.03. The first kappa shape index (κ1) is 16.3. The summed E-state index contributed by atoms with van der Waals surface area (Å²) in [6.45, 7) is 7.60. The van der Waals surface area contributed by atoms with Gasteiger partial charge in [0.2, 0.25) is 5.91 Å². The van der Waals surface area contributed by atoms with Gasteiger partial charge < -0.3 is 19.7 Å². The Bertz CT molecular complexity index is 527. The normalized spacial score (nSPS) is 22.9. The van der Waals surface area contributed by atoms with Crippen molar-refractivity contribution in [1.29, 1.82) is 0 Å². The number of aryl methyl sites for hydroxylation is 2. The molecule has 1 aromatic rings. The number of rotatable bonds is 3. The largest absolute Gasteiger partial charge is 0.490 e. The molecule has 0 bridgehead atoms. The third kappa shape index (κ3) is 3.85. The number of benzene rings is 1. The average Bonchev–Trinajstić information content (AvgIpc) is 2.59. The Kier molecular flexibility index (Phi) is 5.18. The number of carbonyl (C=O) groups is 1. The first-order valence-electron chi connectivity index (χ1n) is 8.48. The van der Waals surface area contributed by atoms with E-state index in [1.165, 1.54) is 11.1 Å². The summed E-state index contributed by atoms with van der Waals surface area (Å²) in [5, 5.41) is 3.23. The van der Waals surface area contributed by atoms with Gasteiger partial charge in [-0.2, -0.15) is 0 Å². The van der Waals surface area contributed by atoms with Crippen molar-refractivity contribution in [3.05, 3.63) is 29.3 Å². The summed E-state index contributed by atoms with van der Waals surface area (Å²) in [6.07, 6.45) is 1.95. The van der Waals surface area contributed by atoms with Gasteiger partial charge in [-0.3, -0.25) is 4.79 Å². The van der Waals surface area contributed by atoms with Crippen LogP contribution in [0.1, 0.15) is 24.0 Å². The van der Waals surface area contributed by atoms with Crippen LogP contribution >= 0.6 is 0 Å². The standard InChI is InChI=1S/C18H26N2O3/c1-13-4-3-5-14(2)17(13)23-15-6-9-20(10-7-15)18(21)16-12-22-11-8-19-16/h3-5,15-16,19H,6-12H2,1-2H3/t16-/m1/s1. The highest BCUT2D eigenvalue weighted by atomic mass is 16.5. The zero-order valence-electron chi connectivity index (χ0n) is 14.0. The Labute approximate surface area is 137 Å². The van der Waals surface area contributed by atoms with Crippen molar-refractivity contribution in [3.8, 4) is 5.75 Å². The van der Waals surface area contributed by atoms with Gasteiger partial charge in [-0.25, -0.2) is 0 Å². The molecule has 2 heterocycles. The van der Waals surface area contributed by atoms with Crippen LogP contribution in [-0.2, 0) is 9.53 Å². The van der Waals surface area contributed by atoms with Crippen molar-refractivity contribution >= 4 is 5.91 Å². The number of para-hydroxylation sites is 1. The highest BCUT2D eigenvalue weighted by molar-refractivity contribution is 5.82. The number of piperidine rings is 1. The first-order chi connectivity index (χ1) is 11.1. The van der Waals surface area contributed by atoms with E-state index in [1.807, 2.05) is 4.90 Å². The number of hydrogen-bond donors (Lipinski definition) is 1. The molecule has 0 radical (unpaired) electrons. The molecule has 0 aliphatic carbocycles. The van der Waals surface area contributed by atoms with Gasteiger partial charge in [0.25, 0.3) is 0 Å². The molecule has 23 heavy (non-hydrogen) atoms. The molecule has 0 spiro atoms. The molecule has 2 aliphatic rings. The van der Waals surface area contributed by atoms with Gasteiger partial charge in [-0.05, 0) is 25.0 Å². The third-order valence-corrected chi connectivity index (χ3v) is 4.67. The van der Waals surface area contributed by atoms with Crippen LogP contribution in [0.2, 0.25) is 0 Å². The molecule has 126 valence electrons. The summed E-state index contributed by atoms with van der Waals surface area (Å²) >= 11 is 0. The minimum atomic E-state index is -0.181. The number of morpholine rings is 1. The van der Waals surface area contributed by atoms with Crippen LogP contribution in [-0.4, -0.2) is 55.8 Å². The summed E-state index contributed by atoms with van der Waals surface area (Å²) in [5.74, 6) is 1.16. The summed E-state index contributed by atoms with van der Waals surface area (Å²) < 4.78 is 11.6. The van der Waals surface area contributed by atoms with Gasteiger partial charge in [-0.15, -0.1) is 0 Å². The fraction of sp³-hybridized carbons (Fsp3) is 0.611. The van der Waals surface area contributed by atoms with Gasteiger partial charge >= 0.3 is 0 Å². The van der Waals surface area contributed by atoms with E-state index >= 15 is 0 Å². The first-order valence-corrected chi connectivity index (χ1v) is 8.48. The maximum atomic E-state index is 12.5. The maximum absolute atomic E-state index is 12.5. The number of ether oxygens (including phenoxy) is 2. The number of nitrogens with zero attached hydrogens (tertiary/aromatic N) is 1. The van der Waals surface area contributed by atoms with Crippen molar-refractivity contribution in [2.45, 2.75) is 38.8 Å². The molecule has 1 aromatic carbocycles. The van der Waals surface area contributed by atoms with E-state index in [-0.39, 0.29) is 18.1 Å². The lowest BCUT2D eigenvalue weighted by atomic mass is 10.1. The molecule has 2 aliphatic heterocycles. The van der Waals surface area contributed by atoms with Gasteiger partial charge in [0, 0.05) is 32.5 Å². The van der Waals surface area contributed by atoms with Gasteiger partial charge in [0.15, 0.2) is 0 Å². The van der Waals surface area contributed by atoms with Crippen LogP contribution in [0.15, 0.2) is 18.2 Å². The van der Waals surface area contributed by atoms with Crippen molar-refractivity contribution in [2.24, 2.45) is 0 Å². The fourth-order valence-electron chi connectivity index (χ4n) is 3.29. The van der Waals surface area contributed by atoms with Crippen LogP contribution in [0.3, 0.4) is 0 Å². The van der Waals surface area contributed by atoms with Gasteiger partial charge in [-0.1, -0.05) is 18.2 Å². The monoisotopic (exact) mass is 318 g/mol. The molecular weight excluding hydrogens is 292 g/mol. The van der Waals surface area contributed by atoms with E-state index < -0.39 is 0 Å². The Morgan fingerprint density at radius 3 is 2.57 bits per heavy atom. The van der Waals surface area contributed by atoms with Crippen LogP contribution in [0.4, 0.5) is 0 Å². The minimum absolute atomic E-state index is 0.162. The Hall–Kier alpha value is -1.59. The number of amides is 1. The second-order valence-corrected chi connectivity index (χ2v) is 6.45. The van der Waals surface area contributed by atoms with Crippen molar-refractivity contribution in [3.63, 3.8) is 0 Å². The molecule has 1 atom stereocenters. The zero-order valence-corrected chi connectivity index (χ0v) is 14.0. The summed E-state index contributed by atoms with van der Waals surface area (Å²) in [7, 11) is 0. The molecule has 2 fully saturated rings. The third-order valence-electron chi connectivity index (χ3n) is 4.67. The topological polar surface area (TPSA) is 50.8 Å². The number of likely N-dealkylation sites (tertiary alicyclic amines) is 1. The second kappa shape index (κ2) is 7.32. The molecule has 3 rings (SSSR count). The number of hydrogen-bond acceptors (Lipinski definition) is 4. The Morgan fingerprint density at radius 2 is 1.96 bits per heavy atom.